The predicted molar refractivity (Wildman–Crippen MR) is 109 cm³/mol. The van der Waals surface area contributed by atoms with Crippen molar-refractivity contribution in [3.05, 3.63) is 60.3 Å². The first-order chi connectivity index (χ1) is 13.1. The van der Waals surface area contributed by atoms with Crippen LogP contribution in [0.1, 0.15) is 37.7 Å². The van der Waals surface area contributed by atoms with E-state index in [0.717, 1.165) is 23.9 Å². The molecule has 0 saturated heterocycles. The van der Waals surface area contributed by atoms with Crippen molar-refractivity contribution in [2.75, 3.05) is 6.54 Å². The molecule has 1 aromatic heterocycles. The van der Waals surface area contributed by atoms with Crippen molar-refractivity contribution in [2.45, 2.75) is 54.4 Å². The molecule has 4 nitrogen and oxygen atoms in total. The molecule has 0 amide bonds. The molecule has 1 aliphatic rings. The Bertz CT molecular complexity index is 1000. The molecule has 1 heterocycles. The van der Waals surface area contributed by atoms with Crippen molar-refractivity contribution < 1.29 is 8.42 Å². The number of sulfone groups is 1. The van der Waals surface area contributed by atoms with Crippen LogP contribution in [0.5, 0.6) is 0 Å². The molecular formula is C22H26N2O2S. The molecule has 0 bridgehead atoms. The van der Waals surface area contributed by atoms with Crippen LogP contribution in [0.4, 0.5) is 0 Å². The second-order valence-corrected chi connectivity index (χ2v) is 9.31. The lowest BCUT2D eigenvalue weighted by atomic mass is 9.95. The number of aromatic nitrogens is 1. The fourth-order valence-corrected chi connectivity index (χ4v) is 5.43. The molecule has 0 radical (unpaired) electrons. The fraction of sp³-hybridized carbons (Fsp3) is 0.364. The summed E-state index contributed by atoms with van der Waals surface area (Å²) in [6.45, 7) is 0.964. The number of H-pyrrole nitrogens is 1. The number of hydrogen-bond donors (Lipinski definition) is 2. The molecule has 2 aromatic carbocycles. The Labute approximate surface area is 160 Å². The van der Waals surface area contributed by atoms with E-state index in [2.05, 4.69) is 16.4 Å². The summed E-state index contributed by atoms with van der Waals surface area (Å²) in [5.74, 6) is 0. The molecule has 1 fully saturated rings. The summed E-state index contributed by atoms with van der Waals surface area (Å²) in [6.07, 6.45) is 9.18. The molecule has 0 unspecified atom stereocenters. The molecule has 2 N–H and O–H groups in total. The predicted octanol–water partition coefficient (Wildman–Crippen LogP) is 4.47. The zero-order chi connectivity index (χ0) is 18.7. The maximum absolute atomic E-state index is 12.9. The lowest BCUT2D eigenvalue weighted by Gasteiger charge is -2.22. The number of hydrogen-bond acceptors (Lipinski definition) is 3. The SMILES string of the molecule is O=S(=O)(c1ccccc1)c1c[nH]c2cc(CCNC3CCCCC3)ccc12. The quantitative estimate of drug-likeness (QED) is 0.661. The Kier molecular flexibility index (Phi) is 5.32. The highest BCUT2D eigenvalue weighted by atomic mass is 32.2. The second kappa shape index (κ2) is 7.87. The van der Waals surface area contributed by atoms with Crippen LogP contribution in [0.15, 0.2) is 64.5 Å². The summed E-state index contributed by atoms with van der Waals surface area (Å²) in [4.78, 5) is 3.81. The fourth-order valence-electron chi connectivity index (χ4n) is 3.98. The smallest absolute Gasteiger partial charge is 0.208 e. The van der Waals surface area contributed by atoms with Crippen LogP contribution in [-0.4, -0.2) is 26.0 Å². The summed E-state index contributed by atoms with van der Waals surface area (Å²) in [5.41, 5.74) is 2.09. The monoisotopic (exact) mass is 382 g/mol. The molecule has 1 aliphatic carbocycles. The third-order valence-corrected chi connectivity index (χ3v) is 7.31. The summed E-state index contributed by atoms with van der Waals surface area (Å²) in [6, 6.07) is 15.3. The van der Waals surface area contributed by atoms with Crippen LogP contribution in [0, 0.1) is 0 Å². The molecule has 142 valence electrons. The minimum Gasteiger partial charge on any atom is -0.360 e. The highest BCUT2D eigenvalue weighted by molar-refractivity contribution is 7.91. The first-order valence-electron chi connectivity index (χ1n) is 9.78. The van der Waals surface area contributed by atoms with Gasteiger partial charge in [-0.2, -0.15) is 0 Å². The minimum absolute atomic E-state index is 0.326. The lowest BCUT2D eigenvalue weighted by Crippen LogP contribution is -2.32. The summed E-state index contributed by atoms with van der Waals surface area (Å²) in [5, 5.41) is 4.42. The van der Waals surface area contributed by atoms with Crippen molar-refractivity contribution in [3.8, 4) is 0 Å². The van der Waals surface area contributed by atoms with Gasteiger partial charge in [0.05, 0.1) is 9.79 Å². The third-order valence-electron chi connectivity index (χ3n) is 5.50. The van der Waals surface area contributed by atoms with Gasteiger partial charge in [-0.15, -0.1) is 0 Å². The van der Waals surface area contributed by atoms with Crippen LogP contribution in [0.25, 0.3) is 10.9 Å². The molecule has 4 rings (SSSR count). The van der Waals surface area contributed by atoms with Gasteiger partial charge in [-0.1, -0.05) is 49.6 Å². The average molecular weight is 383 g/mol. The maximum Gasteiger partial charge on any atom is 0.208 e. The normalized spacial score (nSPS) is 16.0. The largest absolute Gasteiger partial charge is 0.360 e. The van der Waals surface area contributed by atoms with Crippen LogP contribution in [0.2, 0.25) is 0 Å². The second-order valence-electron chi connectivity index (χ2n) is 7.39. The van der Waals surface area contributed by atoms with Crippen molar-refractivity contribution >= 4 is 20.7 Å². The minimum atomic E-state index is -3.51. The first-order valence-corrected chi connectivity index (χ1v) is 11.3. The summed E-state index contributed by atoms with van der Waals surface area (Å²) >= 11 is 0. The average Bonchev–Trinajstić information content (AvgIpc) is 3.14. The van der Waals surface area contributed by atoms with Gasteiger partial charge >= 0.3 is 0 Å². The van der Waals surface area contributed by atoms with Crippen molar-refractivity contribution in [1.29, 1.82) is 0 Å². The van der Waals surface area contributed by atoms with E-state index >= 15 is 0 Å². The highest BCUT2D eigenvalue weighted by Gasteiger charge is 2.21. The standard InChI is InChI=1S/C22H26N2O2S/c25-27(26,19-9-5-2-6-10-19)22-16-24-21-15-17(11-12-20(21)22)13-14-23-18-7-3-1-4-8-18/h2,5-6,9-12,15-16,18,23-24H,1,3-4,7-8,13-14H2. The number of benzene rings is 2. The van der Waals surface area contributed by atoms with E-state index in [-0.39, 0.29) is 0 Å². The Morgan fingerprint density at radius 2 is 1.78 bits per heavy atom. The number of aromatic amines is 1. The van der Waals surface area contributed by atoms with E-state index in [1.807, 2.05) is 18.2 Å². The molecule has 1 saturated carbocycles. The van der Waals surface area contributed by atoms with Crippen molar-refractivity contribution in [1.82, 2.24) is 10.3 Å². The van der Waals surface area contributed by atoms with E-state index in [1.165, 1.54) is 37.7 Å². The van der Waals surface area contributed by atoms with Gasteiger partial charge in [0, 0.05) is 23.1 Å². The van der Waals surface area contributed by atoms with Gasteiger partial charge in [0.15, 0.2) is 0 Å². The van der Waals surface area contributed by atoms with E-state index in [4.69, 9.17) is 0 Å². The zero-order valence-corrected chi connectivity index (χ0v) is 16.3. The van der Waals surface area contributed by atoms with Gasteiger partial charge in [0.2, 0.25) is 9.84 Å². The van der Waals surface area contributed by atoms with E-state index < -0.39 is 9.84 Å². The van der Waals surface area contributed by atoms with Gasteiger partial charge in [0.1, 0.15) is 0 Å². The molecule has 0 aliphatic heterocycles. The highest BCUT2D eigenvalue weighted by Crippen LogP contribution is 2.29. The Morgan fingerprint density at radius 1 is 1.00 bits per heavy atom. The lowest BCUT2D eigenvalue weighted by molar-refractivity contribution is 0.375. The molecular weight excluding hydrogens is 356 g/mol. The maximum atomic E-state index is 12.9. The van der Waals surface area contributed by atoms with Crippen LogP contribution in [-0.2, 0) is 16.3 Å². The molecule has 5 heteroatoms. The molecule has 3 aromatic rings. The first kappa shape index (κ1) is 18.3. The van der Waals surface area contributed by atoms with Gasteiger partial charge in [0.25, 0.3) is 0 Å². The van der Waals surface area contributed by atoms with E-state index in [1.54, 1.807) is 30.5 Å². The Morgan fingerprint density at radius 3 is 2.56 bits per heavy atom. The zero-order valence-electron chi connectivity index (χ0n) is 15.4. The topological polar surface area (TPSA) is 62.0 Å². The van der Waals surface area contributed by atoms with Gasteiger partial charge in [-0.05, 0) is 49.6 Å². The number of rotatable bonds is 6. The van der Waals surface area contributed by atoms with E-state index in [0.29, 0.717) is 15.8 Å². The van der Waals surface area contributed by atoms with Gasteiger partial charge in [-0.3, -0.25) is 0 Å². The molecule has 27 heavy (non-hydrogen) atoms. The third kappa shape index (κ3) is 3.94. The van der Waals surface area contributed by atoms with E-state index in [9.17, 15) is 8.42 Å². The summed E-state index contributed by atoms with van der Waals surface area (Å²) in [7, 11) is -3.51. The summed E-state index contributed by atoms with van der Waals surface area (Å²) < 4.78 is 25.8. The molecule has 0 spiro atoms. The number of nitrogens with one attached hydrogen (secondary N) is 2. The van der Waals surface area contributed by atoms with Crippen LogP contribution >= 0.6 is 0 Å². The number of fused-ring (bicyclic) bond motifs is 1. The Hall–Kier alpha value is -2.11. The van der Waals surface area contributed by atoms with Gasteiger partial charge in [-0.25, -0.2) is 8.42 Å². The van der Waals surface area contributed by atoms with Crippen molar-refractivity contribution in [2.24, 2.45) is 0 Å². The van der Waals surface area contributed by atoms with Crippen LogP contribution in [0.3, 0.4) is 0 Å². The van der Waals surface area contributed by atoms with Gasteiger partial charge < -0.3 is 10.3 Å². The molecule has 0 atom stereocenters. The Balaban J connectivity index is 1.50. The van der Waals surface area contributed by atoms with Crippen molar-refractivity contribution in [3.63, 3.8) is 0 Å². The van der Waals surface area contributed by atoms with Crippen LogP contribution < -0.4 is 5.32 Å².